The Morgan fingerprint density at radius 3 is 2.58 bits per heavy atom. The van der Waals surface area contributed by atoms with E-state index in [9.17, 15) is 0 Å². The molecule has 2 N–H and O–H groups in total. The summed E-state index contributed by atoms with van der Waals surface area (Å²) in [6.45, 7) is 2.72. The van der Waals surface area contributed by atoms with Crippen molar-refractivity contribution in [3.05, 3.63) is 0 Å². The van der Waals surface area contributed by atoms with Crippen LogP contribution in [0.25, 0.3) is 0 Å². The first kappa shape index (κ1) is 7.34. The maximum absolute atomic E-state index is 5.85. The van der Waals surface area contributed by atoms with Gasteiger partial charge in [-0.1, -0.05) is 0 Å². The Morgan fingerprint density at radius 2 is 2.00 bits per heavy atom. The van der Waals surface area contributed by atoms with E-state index in [2.05, 4.69) is 4.90 Å². The Kier molecular flexibility index (Phi) is 1.37. The highest BCUT2D eigenvalue weighted by Crippen LogP contribution is 2.49. The molecule has 2 saturated carbocycles. The van der Waals surface area contributed by atoms with Crippen molar-refractivity contribution in [3.8, 4) is 0 Å². The van der Waals surface area contributed by atoms with Gasteiger partial charge in [-0.25, -0.2) is 0 Å². The quantitative estimate of drug-likeness (QED) is 0.628. The van der Waals surface area contributed by atoms with Crippen LogP contribution >= 0.6 is 0 Å². The van der Waals surface area contributed by atoms with Crippen LogP contribution in [0.15, 0.2) is 0 Å². The highest BCUT2D eigenvalue weighted by atomic mass is 15.2. The zero-order valence-corrected chi connectivity index (χ0v) is 7.63. The molecule has 12 heavy (non-hydrogen) atoms. The van der Waals surface area contributed by atoms with Gasteiger partial charge in [0.25, 0.3) is 0 Å². The number of hydrogen-bond donors (Lipinski definition) is 1. The molecule has 0 bridgehead atoms. The third-order valence-corrected chi connectivity index (χ3v) is 3.92. The third kappa shape index (κ3) is 1.01. The first-order valence-electron chi connectivity index (χ1n) is 5.27. The molecule has 3 rings (SSSR count). The van der Waals surface area contributed by atoms with E-state index >= 15 is 0 Å². The van der Waals surface area contributed by atoms with Crippen molar-refractivity contribution >= 4 is 0 Å². The number of hydrogen-bond acceptors (Lipinski definition) is 2. The van der Waals surface area contributed by atoms with Crippen molar-refractivity contribution in [2.45, 2.75) is 44.2 Å². The first-order chi connectivity index (χ1) is 5.77. The van der Waals surface area contributed by atoms with Gasteiger partial charge in [0.15, 0.2) is 0 Å². The average Bonchev–Trinajstić information content (AvgIpc) is 2.73. The van der Waals surface area contributed by atoms with Crippen LogP contribution in [0.2, 0.25) is 0 Å². The van der Waals surface area contributed by atoms with Crippen LogP contribution in [0.5, 0.6) is 0 Å². The fraction of sp³-hybridized carbons (Fsp3) is 1.00. The summed E-state index contributed by atoms with van der Waals surface area (Å²) in [5.74, 6) is 0. The average molecular weight is 166 g/mol. The molecular weight excluding hydrogens is 148 g/mol. The van der Waals surface area contributed by atoms with Crippen LogP contribution in [0.1, 0.15) is 32.1 Å². The maximum atomic E-state index is 5.85. The lowest BCUT2D eigenvalue weighted by Gasteiger charge is -2.43. The van der Waals surface area contributed by atoms with E-state index in [1.807, 2.05) is 0 Å². The predicted molar refractivity (Wildman–Crippen MR) is 48.9 cm³/mol. The predicted octanol–water partition coefficient (Wildman–Crippen LogP) is 0.962. The van der Waals surface area contributed by atoms with Crippen LogP contribution in [-0.2, 0) is 0 Å². The molecule has 2 aliphatic carbocycles. The Morgan fingerprint density at radius 1 is 1.25 bits per heavy atom. The summed E-state index contributed by atoms with van der Waals surface area (Å²) in [6, 6.07) is 1.50. The first-order valence-corrected chi connectivity index (χ1v) is 5.27. The Bertz CT molecular complexity index is 192. The smallest absolute Gasteiger partial charge is 0.00966 e. The Balaban J connectivity index is 1.63. The van der Waals surface area contributed by atoms with Crippen LogP contribution in [0, 0.1) is 5.41 Å². The van der Waals surface area contributed by atoms with Gasteiger partial charge in [0, 0.05) is 18.6 Å². The van der Waals surface area contributed by atoms with E-state index in [0.29, 0.717) is 11.5 Å². The van der Waals surface area contributed by atoms with Gasteiger partial charge in [0.1, 0.15) is 0 Å². The van der Waals surface area contributed by atoms with E-state index < -0.39 is 0 Å². The molecular formula is C10H18N2. The summed E-state index contributed by atoms with van der Waals surface area (Å²) in [7, 11) is 0. The minimum Gasteiger partial charge on any atom is -0.328 e. The zero-order valence-electron chi connectivity index (χ0n) is 7.63. The molecule has 1 saturated heterocycles. The van der Waals surface area contributed by atoms with E-state index in [0.717, 1.165) is 6.04 Å². The zero-order chi connectivity index (χ0) is 8.18. The fourth-order valence-electron chi connectivity index (χ4n) is 3.11. The lowest BCUT2D eigenvalue weighted by Crippen LogP contribution is -2.47. The topological polar surface area (TPSA) is 29.3 Å². The van der Waals surface area contributed by atoms with Gasteiger partial charge in [-0.2, -0.15) is 0 Å². The molecule has 3 aliphatic rings. The summed E-state index contributed by atoms with van der Waals surface area (Å²) in [5, 5.41) is 0. The van der Waals surface area contributed by atoms with Crippen molar-refractivity contribution in [1.29, 1.82) is 0 Å². The normalized spacial score (nSPS) is 48.2. The van der Waals surface area contributed by atoms with Crippen molar-refractivity contribution in [3.63, 3.8) is 0 Å². The molecule has 0 amide bonds. The molecule has 2 nitrogen and oxygen atoms in total. The molecule has 0 aromatic carbocycles. The summed E-state index contributed by atoms with van der Waals surface area (Å²) in [5.41, 5.74) is 6.53. The minimum absolute atomic E-state index is 0.532. The van der Waals surface area contributed by atoms with Gasteiger partial charge >= 0.3 is 0 Å². The highest BCUT2D eigenvalue weighted by molar-refractivity contribution is 5.04. The minimum atomic E-state index is 0.532. The molecule has 0 aromatic rings. The lowest BCUT2D eigenvalue weighted by molar-refractivity contribution is 0.110. The molecule has 68 valence electrons. The second-order valence-electron chi connectivity index (χ2n) is 5.12. The van der Waals surface area contributed by atoms with Crippen LogP contribution in [0.3, 0.4) is 0 Å². The molecule has 0 aromatic heterocycles. The van der Waals surface area contributed by atoms with Gasteiger partial charge in [-0.15, -0.1) is 0 Å². The van der Waals surface area contributed by atoms with Gasteiger partial charge in [0.2, 0.25) is 0 Å². The number of likely N-dealkylation sites (tertiary alicyclic amines) is 1. The number of nitrogens with zero attached hydrogens (tertiary/aromatic N) is 1. The monoisotopic (exact) mass is 166 g/mol. The fourth-order valence-corrected chi connectivity index (χ4v) is 3.11. The maximum Gasteiger partial charge on any atom is 0.00966 e. The Labute approximate surface area is 74.1 Å². The summed E-state index contributed by atoms with van der Waals surface area (Å²) < 4.78 is 0. The number of nitrogens with two attached hydrogens (primary N) is 1. The number of rotatable bonds is 1. The van der Waals surface area contributed by atoms with Crippen molar-refractivity contribution in [2.75, 3.05) is 13.1 Å². The molecule has 3 fully saturated rings. The van der Waals surface area contributed by atoms with Crippen molar-refractivity contribution < 1.29 is 0 Å². The van der Waals surface area contributed by atoms with Gasteiger partial charge in [-0.05, 0) is 44.1 Å². The standard InChI is InChI=1S/C10H18N2/c11-8-5-10(6-8)3-4-12(7-10)9-1-2-9/h8-9H,1-7,11H2. The van der Waals surface area contributed by atoms with E-state index in [1.54, 1.807) is 0 Å². The van der Waals surface area contributed by atoms with E-state index in [1.165, 1.54) is 45.2 Å². The molecule has 0 atom stereocenters. The SMILES string of the molecule is NC1CC2(CCN(C3CC3)C2)C1. The second kappa shape index (κ2) is 2.24. The largest absolute Gasteiger partial charge is 0.328 e. The molecule has 1 aliphatic heterocycles. The van der Waals surface area contributed by atoms with E-state index in [-0.39, 0.29) is 0 Å². The van der Waals surface area contributed by atoms with Gasteiger partial charge < -0.3 is 5.73 Å². The third-order valence-electron chi connectivity index (χ3n) is 3.92. The summed E-state index contributed by atoms with van der Waals surface area (Å²) >= 11 is 0. The molecule has 0 radical (unpaired) electrons. The van der Waals surface area contributed by atoms with Crippen LogP contribution < -0.4 is 5.73 Å². The van der Waals surface area contributed by atoms with Crippen LogP contribution in [-0.4, -0.2) is 30.1 Å². The second-order valence-corrected chi connectivity index (χ2v) is 5.12. The lowest BCUT2D eigenvalue weighted by atomic mass is 9.65. The molecule has 1 spiro atoms. The van der Waals surface area contributed by atoms with Crippen molar-refractivity contribution in [2.24, 2.45) is 11.1 Å². The molecule has 1 heterocycles. The highest BCUT2D eigenvalue weighted by Gasteiger charge is 2.49. The van der Waals surface area contributed by atoms with Crippen LogP contribution in [0.4, 0.5) is 0 Å². The van der Waals surface area contributed by atoms with Crippen molar-refractivity contribution in [1.82, 2.24) is 4.90 Å². The summed E-state index contributed by atoms with van der Waals surface area (Å²) in [6.07, 6.45) is 6.95. The van der Waals surface area contributed by atoms with E-state index in [4.69, 9.17) is 5.73 Å². The van der Waals surface area contributed by atoms with Gasteiger partial charge in [-0.3, -0.25) is 4.90 Å². The summed E-state index contributed by atoms with van der Waals surface area (Å²) in [4.78, 5) is 2.70. The van der Waals surface area contributed by atoms with Gasteiger partial charge in [0.05, 0.1) is 0 Å². The molecule has 2 heteroatoms. The Hall–Kier alpha value is -0.0800. The molecule has 0 unspecified atom stereocenters.